The molecule has 0 aromatic heterocycles. The first-order valence-electron chi connectivity index (χ1n) is 8.83. The summed E-state index contributed by atoms with van der Waals surface area (Å²) in [5, 5.41) is 11.7. The van der Waals surface area contributed by atoms with Crippen LogP contribution in [0, 0.1) is 16.7 Å². The minimum absolute atomic E-state index is 0.0359. The van der Waals surface area contributed by atoms with Gasteiger partial charge in [0.05, 0.1) is 18.8 Å². The van der Waals surface area contributed by atoms with Crippen molar-refractivity contribution in [1.82, 2.24) is 0 Å². The molecule has 0 heterocycles. The first-order chi connectivity index (χ1) is 12.1. The molecule has 2 bridgehead atoms. The molecule has 1 N–H and O–H groups in total. The molecule has 2 nitrogen and oxygen atoms in total. The van der Waals surface area contributed by atoms with Crippen molar-refractivity contribution in [3.8, 4) is 5.75 Å². The van der Waals surface area contributed by atoms with Gasteiger partial charge < -0.3 is 9.84 Å². The summed E-state index contributed by atoms with van der Waals surface area (Å²) in [6.45, 7) is 4.30. The van der Waals surface area contributed by atoms with Gasteiger partial charge in [0.25, 0.3) is 0 Å². The van der Waals surface area contributed by atoms with E-state index in [1.54, 1.807) is 0 Å². The van der Waals surface area contributed by atoms with E-state index < -0.39 is 17.9 Å². The molecule has 0 radical (unpaired) electrons. The molecule has 0 aliphatic heterocycles. The van der Waals surface area contributed by atoms with Crippen LogP contribution in [-0.4, -0.2) is 30.2 Å². The summed E-state index contributed by atoms with van der Waals surface area (Å²) < 4.78 is 45.6. The van der Waals surface area contributed by atoms with Crippen molar-refractivity contribution in [1.29, 1.82) is 0 Å². The fourth-order valence-electron chi connectivity index (χ4n) is 4.72. The van der Waals surface area contributed by atoms with Gasteiger partial charge in [-0.2, -0.15) is 13.2 Å². The molecule has 2 fully saturated rings. The Morgan fingerprint density at radius 1 is 1.31 bits per heavy atom. The second-order valence-corrected chi connectivity index (χ2v) is 8.79. The highest BCUT2D eigenvalue weighted by atomic mass is 32.2. The lowest BCUT2D eigenvalue weighted by Gasteiger charge is -2.40. The SMILES string of the molecule is COc1ccc(/C(=C\SC[C@]23CC[C@H](C[C@H]2O)C3(C)C)C(F)(F)F)cc1. The fourth-order valence-corrected chi connectivity index (χ4v) is 6.25. The van der Waals surface area contributed by atoms with Crippen molar-refractivity contribution in [2.24, 2.45) is 16.7 Å². The van der Waals surface area contributed by atoms with Crippen LogP contribution >= 0.6 is 11.8 Å². The molecule has 0 unspecified atom stereocenters. The number of halogens is 3. The normalized spacial score (nSPS) is 30.7. The highest BCUT2D eigenvalue weighted by Crippen LogP contribution is 2.66. The van der Waals surface area contributed by atoms with Gasteiger partial charge in [0, 0.05) is 11.2 Å². The number of allylic oxidation sites excluding steroid dienone is 1. The number of aliphatic hydroxyl groups excluding tert-OH is 1. The van der Waals surface area contributed by atoms with Gasteiger partial charge >= 0.3 is 6.18 Å². The molecular weight excluding hydrogens is 361 g/mol. The van der Waals surface area contributed by atoms with Crippen molar-refractivity contribution in [2.75, 3.05) is 12.9 Å². The Bertz CT molecular complexity index is 681. The van der Waals surface area contributed by atoms with Gasteiger partial charge in [-0.3, -0.25) is 0 Å². The van der Waals surface area contributed by atoms with E-state index in [0.717, 1.165) is 19.3 Å². The van der Waals surface area contributed by atoms with E-state index in [4.69, 9.17) is 4.74 Å². The van der Waals surface area contributed by atoms with Crippen LogP contribution in [0.3, 0.4) is 0 Å². The number of alkyl halides is 3. The predicted molar refractivity (Wildman–Crippen MR) is 99.0 cm³/mol. The topological polar surface area (TPSA) is 29.5 Å². The Labute approximate surface area is 156 Å². The summed E-state index contributed by atoms with van der Waals surface area (Å²) >= 11 is 1.17. The third-order valence-corrected chi connectivity index (χ3v) is 7.72. The van der Waals surface area contributed by atoms with Gasteiger partial charge in [-0.25, -0.2) is 0 Å². The van der Waals surface area contributed by atoms with Gasteiger partial charge in [-0.05, 0) is 53.7 Å². The quantitative estimate of drug-likeness (QED) is 0.723. The van der Waals surface area contributed by atoms with Crippen molar-refractivity contribution < 1.29 is 23.0 Å². The molecule has 2 aliphatic carbocycles. The summed E-state index contributed by atoms with van der Waals surface area (Å²) in [4.78, 5) is 0. The lowest BCUT2D eigenvalue weighted by Crippen LogP contribution is -2.40. The van der Waals surface area contributed by atoms with Gasteiger partial charge in [0.15, 0.2) is 0 Å². The van der Waals surface area contributed by atoms with Gasteiger partial charge in [0.1, 0.15) is 5.75 Å². The third-order valence-electron chi connectivity index (χ3n) is 6.64. The smallest absolute Gasteiger partial charge is 0.417 e. The van der Waals surface area contributed by atoms with Crippen LogP contribution in [0.1, 0.15) is 38.7 Å². The van der Waals surface area contributed by atoms with E-state index in [-0.39, 0.29) is 16.4 Å². The highest BCUT2D eigenvalue weighted by Gasteiger charge is 2.63. The minimum Gasteiger partial charge on any atom is -0.497 e. The predicted octanol–water partition coefficient (Wildman–Crippen LogP) is 5.52. The van der Waals surface area contributed by atoms with Gasteiger partial charge in [-0.15, -0.1) is 11.8 Å². The molecule has 0 amide bonds. The number of hydrogen-bond donors (Lipinski definition) is 1. The number of ether oxygens (including phenoxy) is 1. The summed E-state index contributed by atoms with van der Waals surface area (Å²) in [5.41, 5.74) is -0.860. The van der Waals surface area contributed by atoms with Crippen LogP contribution in [0.2, 0.25) is 0 Å². The van der Waals surface area contributed by atoms with E-state index in [1.165, 1.54) is 48.5 Å². The molecule has 0 spiro atoms. The molecule has 26 heavy (non-hydrogen) atoms. The lowest BCUT2D eigenvalue weighted by molar-refractivity contribution is -0.0687. The Kier molecular flexibility index (Phi) is 5.12. The number of thioether (sulfide) groups is 1. The number of aliphatic hydroxyl groups is 1. The van der Waals surface area contributed by atoms with Gasteiger partial charge in [-0.1, -0.05) is 26.0 Å². The van der Waals surface area contributed by atoms with E-state index in [2.05, 4.69) is 13.8 Å². The van der Waals surface area contributed by atoms with E-state index in [1.807, 2.05) is 0 Å². The zero-order chi connectivity index (χ0) is 19.2. The molecule has 1 aromatic rings. The average molecular weight is 386 g/mol. The first-order valence-corrected chi connectivity index (χ1v) is 9.88. The Hall–Kier alpha value is -1.14. The monoisotopic (exact) mass is 386 g/mol. The maximum absolute atomic E-state index is 13.5. The number of benzene rings is 1. The number of methoxy groups -OCH3 is 1. The van der Waals surface area contributed by atoms with Crippen LogP contribution in [0.4, 0.5) is 13.2 Å². The largest absolute Gasteiger partial charge is 0.497 e. The van der Waals surface area contributed by atoms with E-state index in [9.17, 15) is 18.3 Å². The Balaban J connectivity index is 1.81. The fraction of sp³-hybridized carbons (Fsp3) is 0.600. The molecule has 2 saturated carbocycles. The number of hydrogen-bond acceptors (Lipinski definition) is 3. The zero-order valence-electron chi connectivity index (χ0n) is 15.3. The van der Waals surface area contributed by atoms with Crippen molar-refractivity contribution in [3.63, 3.8) is 0 Å². The molecule has 2 aliphatic rings. The van der Waals surface area contributed by atoms with Crippen LogP contribution in [0.25, 0.3) is 5.57 Å². The second kappa shape index (κ2) is 6.79. The summed E-state index contributed by atoms with van der Waals surface area (Å²) in [5.74, 6) is 1.49. The maximum Gasteiger partial charge on any atom is 0.417 e. The van der Waals surface area contributed by atoms with Crippen LogP contribution in [-0.2, 0) is 0 Å². The lowest BCUT2D eigenvalue weighted by atomic mass is 9.70. The average Bonchev–Trinajstić information content (AvgIpc) is 2.92. The molecule has 144 valence electrons. The van der Waals surface area contributed by atoms with E-state index in [0.29, 0.717) is 17.4 Å². The van der Waals surface area contributed by atoms with Gasteiger partial charge in [0.2, 0.25) is 0 Å². The Morgan fingerprint density at radius 3 is 2.42 bits per heavy atom. The standard InChI is InChI=1S/C20H25F3O2S/c1-18(2)14-8-9-19(18,17(24)10-14)12-26-11-16(20(21,22)23)13-4-6-15(25-3)7-5-13/h4-7,11,14,17,24H,8-10,12H2,1-3H3/b16-11+/t14-,17-,19-/m1/s1. The third kappa shape index (κ3) is 3.15. The van der Waals surface area contributed by atoms with Crippen molar-refractivity contribution >= 4 is 17.3 Å². The molecule has 3 atom stereocenters. The molecular formula is C20H25F3O2S. The second-order valence-electron chi connectivity index (χ2n) is 7.93. The first kappa shape index (κ1) is 19.6. The molecule has 3 rings (SSSR count). The summed E-state index contributed by atoms with van der Waals surface area (Å²) in [6, 6.07) is 5.92. The number of fused-ring (bicyclic) bond motifs is 2. The zero-order valence-corrected chi connectivity index (χ0v) is 16.1. The van der Waals surface area contributed by atoms with Crippen molar-refractivity contribution in [2.45, 2.75) is 45.4 Å². The minimum atomic E-state index is -4.43. The Morgan fingerprint density at radius 2 is 1.96 bits per heavy atom. The summed E-state index contributed by atoms with van der Waals surface area (Å²) in [7, 11) is 1.48. The maximum atomic E-state index is 13.5. The van der Waals surface area contributed by atoms with Crippen LogP contribution < -0.4 is 4.74 Å². The molecule has 6 heteroatoms. The van der Waals surface area contributed by atoms with Crippen LogP contribution in [0.15, 0.2) is 29.7 Å². The molecule has 1 aromatic carbocycles. The molecule has 0 saturated heterocycles. The number of rotatable bonds is 5. The van der Waals surface area contributed by atoms with Crippen LogP contribution in [0.5, 0.6) is 5.75 Å². The highest BCUT2D eigenvalue weighted by molar-refractivity contribution is 8.02. The summed E-state index contributed by atoms with van der Waals surface area (Å²) in [6.07, 6.45) is -2.15. The van der Waals surface area contributed by atoms with Crippen molar-refractivity contribution in [3.05, 3.63) is 35.2 Å². The van der Waals surface area contributed by atoms with E-state index >= 15 is 0 Å².